The Balaban J connectivity index is 1.69. The molecule has 0 saturated carbocycles. The van der Waals surface area contributed by atoms with Crippen LogP contribution >= 0.6 is 0 Å². The van der Waals surface area contributed by atoms with E-state index in [0.717, 1.165) is 6.42 Å². The van der Waals surface area contributed by atoms with E-state index in [9.17, 15) is 40.5 Å². The molecule has 0 aromatic carbocycles. The molecule has 0 radical (unpaired) electrons. The number of hydrogen-bond donors (Lipinski definition) is 7. The third-order valence-electron chi connectivity index (χ3n) is 6.31. The predicted molar refractivity (Wildman–Crippen MR) is 106 cm³/mol. The van der Waals surface area contributed by atoms with Gasteiger partial charge in [-0.1, -0.05) is 13.8 Å². The zero-order valence-electron chi connectivity index (χ0n) is 18.2. The number of amides is 1. The molecule has 3 rings (SSSR count). The summed E-state index contributed by atoms with van der Waals surface area (Å²) in [7, 11) is 0. The highest BCUT2D eigenvalue weighted by molar-refractivity contribution is 5.78. The Morgan fingerprint density at radius 3 is 2.47 bits per heavy atom. The summed E-state index contributed by atoms with van der Waals surface area (Å²) < 4.78 is 16.0. The first-order valence-corrected chi connectivity index (χ1v) is 10.9. The number of likely N-dealkylation sites (tertiary alicyclic amines) is 1. The second kappa shape index (κ2) is 10.1. The largest absolute Gasteiger partial charge is 0.394 e. The van der Waals surface area contributed by atoms with E-state index in [1.807, 2.05) is 0 Å². The standard InChI is InChI=1S/C20H35NO11/c1-9(2)3-10-4-13(24)21(5-10)8-20(29)18(28)17(11(23)7-30-20)32-19-16(27)15(26)14(25)12(6-22)31-19/h9-12,14-19,22-23,25-29H,3-8H2,1-2H3/t10?,11?,12?,14?,15?,16?,17?,18?,19?,20-/m0/s1. The Morgan fingerprint density at radius 1 is 1.16 bits per heavy atom. The predicted octanol–water partition coefficient (Wildman–Crippen LogP) is -3.49. The Labute approximate surface area is 185 Å². The Bertz CT molecular complexity index is 649. The van der Waals surface area contributed by atoms with Crippen LogP contribution in [0.4, 0.5) is 0 Å². The minimum Gasteiger partial charge on any atom is -0.394 e. The van der Waals surface area contributed by atoms with Gasteiger partial charge in [0.25, 0.3) is 0 Å². The van der Waals surface area contributed by atoms with Gasteiger partial charge in [0.15, 0.2) is 6.29 Å². The third kappa shape index (κ3) is 5.25. The third-order valence-corrected chi connectivity index (χ3v) is 6.31. The number of β-amino-alcohol motifs (C(OH)–C–C–N with tert-alkyl or cyclic N) is 1. The van der Waals surface area contributed by atoms with Crippen LogP contribution in [0.3, 0.4) is 0 Å². The Hall–Kier alpha value is -0.930. The van der Waals surface area contributed by atoms with Crippen molar-refractivity contribution < 1.29 is 54.8 Å². The minimum absolute atomic E-state index is 0.124. The Kier molecular flexibility index (Phi) is 8.14. The zero-order valence-corrected chi connectivity index (χ0v) is 18.2. The van der Waals surface area contributed by atoms with E-state index in [1.165, 1.54) is 4.90 Å². The number of nitrogens with zero attached hydrogens (tertiary/aromatic N) is 1. The van der Waals surface area contributed by atoms with Crippen LogP contribution in [0.15, 0.2) is 0 Å². The average Bonchev–Trinajstić information content (AvgIpc) is 3.06. The molecular weight excluding hydrogens is 430 g/mol. The highest BCUT2D eigenvalue weighted by Gasteiger charge is 2.54. The molecule has 3 fully saturated rings. The first-order valence-electron chi connectivity index (χ1n) is 10.9. The van der Waals surface area contributed by atoms with Crippen molar-refractivity contribution in [1.29, 1.82) is 0 Å². The van der Waals surface area contributed by atoms with Crippen molar-refractivity contribution in [1.82, 2.24) is 4.90 Å². The molecule has 0 aromatic rings. The molecule has 3 aliphatic rings. The van der Waals surface area contributed by atoms with Crippen molar-refractivity contribution in [2.75, 3.05) is 26.3 Å². The van der Waals surface area contributed by atoms with Crippen LogP contribution in [0.2, 0.25) is 0 Å². The van der Waals surface area contributed by atoms with Crippen LogP contribution < -0.4 is 0 Å². The molecule has 9 unspecified atom stereocenters. The van der Waals surface area contributed by atoms with Gasteiger partial charge in [0.2, 0.25) is 11.7 Å². The van der Waals surface area contributed by atoms with Crippen LogP contribution in [0.25, 0.3) is 0 Å². The van der Waals surface area contributed by atoms with Crippen molar-refractivity contribution in [3.05, 3.63) is 0 Å². The van der Waals surface area contributed by atoms with Gasteiger partial charge in [0, 0.05) is 13.0 Å². The van der Waals surface area contributed by atoms with Crippen LogP contribution in [-0.2, 0) is 19.0 Å². The normalized spacial score (nSPS) is 45.6. The van der Waals surface area contributed by atoms with Crippen molar-refractivity contribution in [3.63, 3.8) is 0 Å². The molecule has 0 bridgehead atoms. The first-order chi connectivity index (χ1) is 15.0. The van der Waals surface area contributed by atoms with Crippen molar-refractivity contribution in [2.24, 2.45) is 11.8 Å². The van der Waals surface area contributed by atoms with Gasteiger partial charge in [0.05, 0.1) is 19.8 Å². The monoisotopic (exact) mass is 465 g/mol. The summed E-state index contributed by atoms with van der Waals surface area (Å²) >= 11 is 0. The lowest BCUT2D eigenvalue weighted by atomic mass is 9.95. The van der Waals surface area contributed by atoms with Gasteiger partial charge in [0.1, 0.15) is 42.7 Å². The summed E-state index contributed by atoms with van der Waals surface area (Å²) in [6, 6.07) is 0. The smallest absolute Gasteiger partial charge is 0.223 e. The molecule has 32 heavy (non-hydrogen) atoms. The fourth-order valence-electron chi connectivity index (χ4n) is 4.62. The number of aliphatic hydroxyl groups excluding tert-OH is 6. The highest BCUT2D eigenvalue weighted by Crippen LogP contribution is 2.33. The van der Waals surface area contributed by atoms with E-state index in [2.05, 4.69) is 13.8 Å². The SMILES string of the molecule is CC(C)CC1CC(=O)N(C[C@]2(O)OCC(O)C(OC3OC(CO)C(O)C(O)C3O)C2O)C1. The molecule has 7 N–H and O–H groups in total. The van der Waals surface area contributed by atoms with E-state index in [-0.39, 0.29) is 18.4 Å². The number of hydrogen-bond acceptors (Lipinski definition) is 11. The molecule has 3 aliphatic heterocycles. The number of carbonyl (C=O) groups excluding carboxylic acids is 1. The summed E-state index contributed by atoms with van der Waals surface area (Å²) in [5.41, 5.74) is 0. The van der Waals surface area contributed by atoms with E-state index in [1.54, 1.807) is 0 Å². The number of ether oxygens (including phenoxy) is 3. The molecule has 186 valence electrons. The summed E-state index contributed by atoms with van der Waals surface area (Å²) in [5.74, 6) is -1.91. The van der Waals surface area contributed by atoms with E-state index in [4.69, 9.17) is 14.2 Å². The van der Waals surface area contributed by atoms with Crippen LogP contribution in [0, 0.1) is 11.8 Å². The lowest BCUT2D eigenvalue weighted by molar-refractivity contribution is -0.369. The highest BCUT2D eigenvalue weighted by atomic mass is 16.7. The van der Waals surface area contributed by atoms with Gasteiger partial charge < -0.3 is 54.9 Å². The topological polar surface area (TPSA) is 190 Å². The molecule has 0 spiro atoms. The van der Waals surface area contributed by atoms with Gasteiger partial charge >= 0.3 is 0 Å². The lowest BCUT2D eigenvalue weighted by Gasteiger charge is -2.47. The number of rotatable bonds is 7. The number of carbonyl (C=O) groups is 1. The molecule has 12 heteroatoms. The average molecular weight is 465 g/mol. The Morgan fingerprint density at radius 2 is 1.84 bits per heavy atom. The maximum Gasteiger partial charge on any atom is 0.223 e. The lowest BCUT2D eigenvalue weighted by Crippen LogP contribution is -2.67. The second-order valence-corrected chi connectivity index (χ2v) is 9.44. The van der Waals surface area contributed by atoms with Gasteiger partial charge in [-0.2, -0.15) is 0 Å². The minimum atomic E-state index is -2.25. The fraction of sp³-hybridized carbons (Fsp3) is 0.950. The van der Waals surface area contributed by atoms with Gasteiger partial charge in [-0.25, -0.2) is 0 Å². The fourth-order valence-corrected chi connectivity index (χ4v) is 4.62. The van der Waals surface area contributed by atoms with Crippen LogP contribution in [0.5, 0.6) is 0 Å². The zero-order chi connectivity index (χ0) is 23.8. The summed E-state index contributed by atoms with van der Waals surface area (Å²) in [5, 5.41) is 71.3. The van der Waals surface area contributed by atoms with E-state index in [0.29, 0.717) is 18.9 Å². The molecule has 1 amide bonds. The quantitative estimate of drug-likeness (QED) is 0.198. The summed E-state index contributed by atoms with van der Waals surface area (Å²) in [6.45, 7) is 3.04. The molecule has 10 atom stereocenters. The molecule has 3 heterocycles. The van der Waals surface area contributed by atoms with Crippen LogP contribution in [0.1, 0.15) is 26.7 Å². The summed E-state index contributed by atoms with van der Waals surface area (Å²) in [6.07, 6.45) is -11.5. The first kappa shape index (κ1) is 25.7. The van der Waals surface area contributed by atoms with Crippen molar-refractivity contribution in [3.8, 4) is 0 Å². The van der Waals surface area contributed by atoms with Crippen molar-refractivity contribution in [2.45, 2.75) is 81.5 Å². The second-order valence-electron chi connectivity index (χ2n) is 9.44. The van der Waals surface area contributed by atoms with Gasteiger partial charge in [-0.15, -0.1) is 0 Å². The maximum absolute atomic E-state index is 12.4. The van der Waals surface area contributed by atoms with Gasteiger partial charge in [-0.3, -0.25) is 4.79 Å². The van der Waals surface area contributed by atoms with Gasteiger partial charge in [-0.05, 0) is 18.3 Å². The number of aliphatic hydroxyl groups is 7. The molecule has 3 saturated heterocycles. The van der Waals surface area contributed by atoms with E-state index < -0.39 is 68.0 Å². The maximum atomic E-state index is 12.4. The van der Waals surface area contributed by atoms with Crippen LogP contribution in [-0.4, -0.2) is 128 Å². The van der Waals surface area contributed by atoms with Crippen molar-refractivity contribution >= 4 is 5.91 Å². The molecule has 12 nitrogen and oxygen atoms in total. The molecule has 0 aromatic heterocycles. The molecule has 0 aliphatic carbocycles. The molecular formula is C20H35NO11. The summed E-state index contributed by atoms with van der Waals surface area (Å²) in [4.78, 5) is 13.8. The van der Waals surface area contributed by atoms with E-state index >= 15 is 0 Å².